The Labute approximate surface area is 199 Å². The predicted molar refractivity (Wildman–Crippen MR) is 130 cm³/mol. The highest BCUT2D eigenvalue weighted by molar-refractivity contribution is 8.01. The monoisotopic (exact) mass is 487 g/mol. The van der Waals surface area contributed by atoms with Crippen LogP contribution in [0.5, 0.6) is 0 Å². The number of fused-ring (bicyclic) bond motifs is 1. The molecule has 33 heavy (non-hydrogen) atoms. The molecule has 176 valence electrons. The molecule has 0 saturated carbocycles. The molecule has 2 aromatic rings. The van der Waals surface area contributed by atoms with Gasteiger partial charge in [-0.15, -0.1) is 11.8 Å². The minimum Gasteiger partial charge on any atom is -0.356 e. The van der Waals surface area contributed by atoms with Gasteiger partial charge in [-0.05, 0) is 56.9 Å². The molecule has 7 nitrogen and oxygen atoms in total. The molecule has 9 heteroatoms. The van der Waals surface area contributed by atoms with E-state index in [1.54, 1.807) is 12.1 Å². The van der Waals surface area contributed by atoms with E-state index in [4.69, 9.17) is 0 Å². The Kier molecular flexibility index (Phi) is 7.11. The number of nitrogens with zero attached hydrogens (tertiary/aromatic N) is 1. The zero-order valence-corrected chi connectivity index (χ0v) is 20.5. The fourth-order valence-corrected chi connectivity index (χ4v) is 6.51. The molecule has 0 bridgehead atoms. The first-order valence-electron chi connectivity index (χ1n) is 11.2. The molecule has 2 aliphatic rings. The van der Waals surface area contributed by atoms with Crippen LogP contribution in [-0.4, -0.2) is 49.4 Å². The summed E-state index contributed by atoms with van der Waals surface area (Å²) in [5.41, 5.74) is 2.92. The average Bonchev–Trinajstić information content (AvgIpc) is 2.81. The van der Waals surface area contributed by atoms with Crippen molar-refractivity contribution in [2.75, 3.05) is 25.0 Å². The lowest BCUT2D eigenvalue weighted by Gasteiger charge is -2.31. The highest BCUT2D eigenvalue weighted by atomic mass is 32.2. The topological polar surface area (TPSA) is 95.6 Å². The Morgan fingerprint density at radius 2 is 1.85 bits per heavy atom. The number of rotatable bonds is 6. The molecule has 0 spiro atoms. The van der Waals surface area contributed by atoms with Crippen molar-refractivity contribution < 1.29 is 18.0 Å². The predicted octanol–water partition coefficient (Wildman–Crippen LogP) is 3.19. The highest BCUT2D eigenvalue weighted by Gasteiger charge is 2.33. The Bertz CT molecular complexity index is 1140. The van der Waals surface area contributed by atoms with Gasteiger partial charge in [0, 0.05) is 30.4 Å². The highest BCUT2D eigenvalue weighted by Crippen LogP contribution is 2.37. The van der Waals surface area contributed by atoms with E-state index in [9.17, 15) is 18.0 Å². The summed E-state index contributed by atoms with van der Waals surface area (Å²) in [6.45, 7) is 5.02. The van der Waals surface area contributed by atoms with E-state index in [0.29, 0.717) is 38.2 Å². The summed E-state index contributed by atoms with van der Waals surface area (Å²) in [6, 6.07) is 13.1. The van der Waals surface area contributed by atoms with Crippen molar-refractivity contribution in [2.24, 2.45) is 5.92 Å². The van der Waals surface area contributed by atoms with E-state index < -0.39 is 10.0 Å². The van der Waals surface area contributed by atoms with Crippen LogP contribution in [-0.2, 0) is 26.0 Å². The van der Waals surface area contributed by atoms with Gasteiger partial charge in [0.25, 0.3) is 0 Å². The van der Waals surface area contributed by atoms with Crippen LogP contribution in [0.25, 0.3) is 0 Å². The number of hydrogen-bond acceptors (Lipinski definition) is 5. The molecule has 0 aliphatic carbocycles. The lowest BCUT2D eigenvalue weighted by Crippen LogP contribution is -2.43. The number of carbonyl (C=O) groups is 2. The number of thioether (sulfide) groups is 1. The number of piperidine rings is 1. The molecule has 2 aromatic carbocycles. The molecule has 2 N–H and O–H groups in total. The summed E-state index contributed by atoms with van der Waals surface area (Å²) in [7, 11) is -3.69. The van der Waals surface area contributed by atoms with Crippen molar-refractivity contribution in [3.05, 3.63) is 53.6 Å². The van der Waals surface area contributed by atoms with Gasteiger partial charge in [0.2, 0.25) is 21.8 Å². The Balaban J connectivity index is 1.31. The molecule has 0 radical (unpaired) electrons. The van der Waals surface area contributed by atoms with Crippen LogP contribution < -0.4 is 10.6 Å². The molecule has 2 amide bonds. The number of benzene rings is 2. The molecule has 2 heterocycles. The minimum atomic E-state index is -3.69. The quantitative estimate of drug-likeness (QED) is 0.653. The first-order valence-corrected chi connectivity index (χ1v) is 13.5. The third-order valence-electron chi connectivity index (χ3n) is 6.18. The Hall–Kier alpha value is -2.36. The number of hydrogen-bond donors (Lipinski definition) is 2. The van der Waals surface area contributed by atoms with Gasteiger partial charge in [-0.1, -0.05) is 29.8 Å². The lowest BCUT2D eigenvalue weighted by molar-refractivity contribution is -0.126. The zero-order chi connectivity index (χ0) is 23.6. The van der Waals surface area contributed by atoms with Crippen LogP contribution in [0.4, 0.5) is 5.69 Å². The summed E-state index contributed by atoms with van der Waals surface area (Å²) in [4.78, 5) is 25.6. The SMILES string of the molecule is Cc1ccc(CCNC(=O)C2CCN(S(=O)(=O)c3ccc4c(c3)NC(=O)[C@@H](C)S4)CC2)cc1. The van der Waals surface area contributed by atoms with Crippen molar-refractivity contribution in [3.63, 3.8) is 0 Å². The van der Waals surface area contributed by atoms with Gasteiger partial charge in [0.1, 0.15) is 0 Å². The fourth-order valence-electron chi connectivity index (χ4n) is 4.08. The van der Waals surface area contributed by atoms with Crippen LogP contribution in [0, 0.1) is 12.8 Å². The second-order valence-electron chi connectivity index (χ2n) is 8.61. The van der Waals surface area contributed by atoms with Crippen molar-refractivity contribution >= 4 is 39.3 Å². The van der Waals surface area contributed by atoms with E-state index in [2.05, 4.69) is 34.9 Å². The van der Waals surface area contributed by atoms with Crippen LogP contribution in [0.2, 0.25) is 0 Å². The number of anilines is 1. The molecular formula is C24H29N3O4S2. The van der Waals surface area contributed by atoms with Crippen LogP contribution in [0.15, 0.2) is 52.3 Å². The van der Waals surface area contributed by atoms with Crippen LogP contribution in [0.1, 0.15) is 30.9 Å². The first-order chi connectivity index (χ1) is 15.7. The Morgan fingerprint density at radius 1 is 1.15 bits per heavy atom. The second kappa shape index (κ2) is 9.87. The molecule has 2 aliphatic heterocycles. The largest absolute Gasteiger partial charge is 0.356 e. The number of aryl methyl sites for hydroxylation is 1. The normalized spacial score (nSPS) is 19.6. The summed E-state index contributed by atoms with van der Waals surface area (Å²) in [5, 5.41) is 5.57. The molecule has 4 rings (SSSR count). The van der Waals surface area contributed by atoms with E-state index in [1.165, 1.54) is 33.3 Å². The third kappa shape index (κ3) is 5.42. The van der Waals surface area contributed by atoms with Gasteiger partial charge in [-0.3, -0.25) is 9.59 Å². The van der Waals surface area contributed by atoms with Crippen molar-refractivity contribution in [3.8, 4) is 0 Å². The van der Waals surface area contributed by atoms with Gasteiger partial charge in [-0.25, -0.2) is 8.42 Å². The average molecular weight is 488 g/mol. The van der Waals surface area contributed by atoms with E-state index in [-0.39, 0.29) is 27.9 Å². The number of carbonyl (C=O) groups excluding carboxylic acids is 2. The smallest absolute Gasteiger partial charge is 0.243 e. The van der Waals surface area contributed by atoms with Crippen molar-refractivity contribution in [1.82, 2.24) is 9.62 Å². The van der Waals surface area contributed by atoms with E-state index in [0.717, 1.165) is 11.3 Å². The Morgan fingerprint density at radius 3 is 2.55 bits per heavy atom. The van der Waals surface area contributed by atoms with E-state index >= 15 is 0 Å². The van der Waals surface area contributed by atoms with Crippen molar-refractivity contribution in [2.45, 2.75) is 48.2 Å². The van der Waals surface area contributed by atoms with Gasteiger partial charge < -0.3 is 10.6 Å². The maximum absolute atomic E-state index is 13.2. The maximum Gasteiger partial charge on any atom is 0.243 e. The summed E-state index contributed by atoms with van der Waals surface area (Å²) >= 11 is 1.42. The summed E-state index contributed by atoms with van der Waals surface area (Å²) < 4.78 is 27.7. The number of amides is 2. The molecule has 1 atom stereocenters. The molecule has 1 saturated heterocycles. The van der Waals surface area contributed by atoms with Crippen molar-refractivity contribution in [1.29, 1.82) is 0 Å². The fraction of sp³-hybridized carbons (Fsp3) is 0.417. The van der Waals surface area contributed by atoms with Crippen LogP contribution >= 0.6 is 11.8 Å². The number of sulfonamides is 1. The second-order valence-corrected chi connectivity index (χ2v) is 11.9. The molecule has 0 aromatic heterocycles. The first kappa shape index (κ1) is 23.8. The third-order valence-corrected chi connectivity index (χ3v) is 9.25. The maximum atomic E-state index is 13.2. The number of nitrogens with one attached hydrogen (secondary N) is 2. The van der Waals surface area contributed by atoms with Gasteiger partial charge in [0.05, 0.1) is 15.8 Å². The summed E-state index contributed by atoms with van der Waals surface area (Å²) in [6.07, 6.45) is 1.75. The minimum absolute atomic E-state index is 0.0122. The standard InChI is InChI=1S/C24H29N3O4S2/c1-16-3-5-18(6-4-16)9-12-25-24(29)19-10-13-27(14-11-19)33(30,31)20-7-8-22-21(15-20)26-23(28)17(2)32-22/h3-8,15,17,19H,9-14H2,1-2H3,(H,25,29)(H,26,28)/t17-/m1/s1. The van der Waals surface area contributed by atoms with E-state index in [1.807, 2.05) is 13.8 Å². The summed E-state index contributed by atoms with van der Waals surface area (Å²) in [5.74, 6) is -0.326. The molecule has 1 fully saturated rings. The van der Waals surface area contributed by atoms with Gasteiger partial charge >= 0.3 is 0 Å². The zero-order valence-electron chi connectivity index (χ0n) is 18.8. The lowest BCUT2D eigenvalue weighted by atomic mass is 9.97. The molecular weight excluding hydrogens is 458 g/mol. The van der Waals surface area contributed by atoms with Gasteiger partial charge in [0.15, 0.2) is 0 Å². The van der Waals surface area contributed by atoms with Gasteiger partial charge in [-0.2, -0.15) is 4.31 Å². The van der Waals surface area contributed by atoms with Crippen LogP contribution in [0.3, 0.4) is 0 Å². The molecule has 0 unspecified atom stereocenters.